The SMILES string of the molecule is C=CN=C(/C(Cl)=C\C)n1nc(Cn2cc(C(F)(F)F)nn2)cc1C(=O)Nc1c(C)cc(C#N)cc1C(N)=O. The number of nitrogens with zero attached hydrogens (tertiary/aromatic N) is 7. The van der Waals surface area contributed by atoms with E-state index in [1.54, 1.807) is 13.8 Å². The Labute approximate surface area is 218 Å². The summed E-state index contributed by atoms with van der Waals surface area (Å²) < 4.78 is 40.7. The van der Waals surface area contributed by atoms with E-state index in [2.05, 4.69) is 32.3 Å². The van der Waals surface area contributed by atoms with Gasteiger partial charge in [0.2, 0.25) is 0 Å². The molecular formula is C23H19ClF3N9O2. The Kier molecular flexibility index (Phi) is 8.12. The number of primary amides is 1. The van der Waals surface area contributed by atoms with E-state index in [1.807, 2.05) is 6.07 Å². The smallest absolute Gasteiger partial charge is 0.366 e. The average Bonchev–Trinajstić information content (AvgIpc) is 3.50. The molecule has 2 aromatic heterocycles. The number of hydrogen-bond acceptors (Lipinski definition) is 7. The number of hydrogen-bond donors (Lipinski definition) is 2. The van der Waals surface area contributed by atoms with Crippen LogP contribution in [0.25, 0.3) is 0 Å². The maximum atomic E-state index is 13.4. The lowest BCUT2D eigenvalue weighted by Crippen LogP contribution is -2.25. The highest BCUT2D eigenvalue weighted by molar-refractivity contribution is 6.43. The number of nitriles is 1. The molecule has 3 rings (SSSR count). The van der Waals surface area contributed by atoms with E-state index in [9.17, 15) is 28.0 Å². The number of anilines is 1. The molecule has 0 aliphatic carbocycles. The minimum atomic E-state index is -4.69. The molecule has 0 saturated heterocycles. The second-order valence-corrected chi connectivity index (χ2v) is 8.06. The number of nitrogens with one attached hydrogen (secondary N) is 1. The molecule has 0 fully saturated rings. The van der Waals surface area contributed by atoms with Crippen LogP contribution in [0.5, 0.6) is 0 Å². The second-order valence-electron chi connectivity index (χ2n) is 7.65. The number of nitrogens with two attached hydrogens (primary N) is 1. The molecule has 2 amide bonds. The molecule has 3 N–H and O–H groups in total. The lowest BCUT2D eigenvalue weighted by atomic mass is 10.0. The number of benzene rings is 1. The van der Waals surface area contributed by atoms with Crippen LogP contribution < -0.4 is 11.1 Å². The molecule has 0 atom stereocenters. The Morgan fingerprint density at radius 3 is 2.61 bits per heavy atom. The summed E-state index contributed by atoms with van der Waals surface area (Å²) in [6.07, 6.45) is -1.36. The summed E-state index contributed by atoms with van der Waals surface area (Å²) >= 11 is 6.28. The zero-order chi connectivity index (χ0) is 28.2. The second kappa shape index (κ2) is 11.1. The standard InChI is InChI=1S/C23H19ClF3N9O2/c1-4-16(24)21(30-5-2)36-17(8-14(33-36)10-35-11-18(32-34-35)23(25,26)27)22(38)31-19-12(3)6-13(9-28)7-15(19)20(29)37/h4-8,11H,2,10H2,1,3H3,(H2,29,37)(H,31,38)/b16-4+,30-21?. The van der Waals surface area contributed by atoms with E-state index < -0.39 is 23.7 Å². The van der Waals surface area contributed by atoms with Crippen LogP contribution in [0, 0.1) is 18.3 Å². The van der Waals surface area contributed by atoms with Gasteiger partial charge in [0.15, 0.2) is 11.5 Å². The maximum Gasteiger partial charge on any atom is 0.436 e. The third kappa shape index (κ3) is 5.95. The molecule has 0 aliphatic rings. The third-order valence-corrected chi connectivity index (χ3v) is 5.38. The van der Waals surface area contributed by atoms with Crippen LogP contribution in [0.2, 0.25) is 0 Å². The molecular weight excluding hydrogens is 527 g/mol. The number of alkyl halides is 3. The topological polar surface area (TPSA) is 157 Å². The minimum Gasteiger partial charge on any atom is -0.366 e. The van der Waals surface area contributed by atoms with E-state index in [0.29, 0.717) is 11.8 Å². The zero-order valence-electron chi connectivity index (χ0n) is 19.9. The van der Waals surface area contributed by atoms with Crippen molar-refractivity contribution in [3.05, 3.63) is 82.1 Å². The van der Waals surface area contributed by atoms with Gasteiger partial charge in [-0.25, -0.2) is 14.4 Å². The van der Waals surface area contributed by atoms with Crippen molar-refractivity contribution in [2.45, 2.75) is 26.6 Å². The monoisotopic (exact) mass is 545 g/mol. The van der Waals surface area contributed by atoms with Gasteiger partial charge in [0.25, 0.3) is 11.8 Å². The fourth-order valence-corrected chi connectivity index (χ4v) is 3.45. The molecule has 0 bridgehead atoms. The van der Waals surface area contributed by atoms with Crippen LogP contribution in [0.1, 0.15) is 50.3 Å². The van der Waals surface area contributed by atoms with Gasteiger partial charge in [-0.05, 0) is 37.6 Å². The van der Waals surface area contributed by atoms with E-state index in [0.717, 1.165) is 15.6 Å². The van der Waals surface area contributed by atoms with Gasteiger partial charge in [-0.3, -0.25) is 9.59 Å². The summed E-state index contributed by atoms with van der Waals surface area (Å²) in [4.78, 5) is 29.5. The van der Waals surface area contributed by atoms with E-state index in [1.165, 1.54) is 24.3 Å². The predicted molar refractivity (Wildman–Crippen MR) is 131 cm³/mol. The molecule has 1 aromatic carbocycles. The number of aliphatic imine (C=N–C) groups is 1. The van der Waals surface area contributed by atoms with Gasteiger partial charge in [0, 0.05) is 6.20 Å². The first-order valence-electron chi connectivity index (χ1n) is 10.6. The van der Waals surface area contributed by atoms with Crippen LogP contribution in [-0.4, -0.2) is 42.4 Å². The van der Waals surface area contributed by atoms with Crippen LogP contribution in [0.4, 0.5) is 18.9 Å². The Balaban J connectivity index is 2.10. The molecule has 11 nitrogen and oxygen atoms in total. The first-order chi connectivity index (χ1) is 17.9. The number of carbonyl (C=O) groups is 2. The van der Waals surface area contributed by atoms with Crippen molar-refractivity contribution in [2.24, 2.45) is 10.7 Å². The summed E-state index contributed by atoms with van der Waals surface area (Å²) in [5, 5.41) is 22.7. The average molecular weight is 546 g/mol. The number of aromatic nitrogens is 5. The summed E-state index contributed by atoms with van der Waals surface area (Å²) in [7, 11) is 0. The minimum absolute atomic E-state index is 0.0122. The number of aryl methyl sites for hydroxylation is 1. The molecule has 15 heteroatoms. The van der Waals surface area contributed by atoms with Gasteiger partial charge < -0.3 is 11.1 Å². The molecule has 3 aromatic rings. The van der Waals surface area contributed by atoms with Crippen LogP contribution in [0.3, 0.4) is 0 Å². The Morgan fingerprint density at radius 1 is 1.34 bits per heavy atom. The highest BCUT2D eigenvalue weighted by atomic mass is 35.5. The molecule has 0 saturated carbocycles. The first-order valence-corrected chi connectivity index (χ1v) is 11.0. The largest absolute Gasteiger partial charge is 0.436 e. The highest BCUT2D eigenvalue weighted by Gasteiger charge is 2.34. The number of rotatable bonds is 7. The van der Waals surface area contributed by atoms with Gasteiger partial charge in [0.1, 0.15) is 5.69 Å². The Morgan fingerprint density at radius 2 is 2.05 bits per heavy atom. The quantitative estimate of drug-likeness (QED) is 0.341. The lowest BCUT2D eigenvalue weighted by Gasteiger charge is -2.14. The molecule has 2 heterocycles. The van der Waals surface area contributed by atoms with Crippen molar-refractivity contribution >= 4 is 34.9 Å². The van der Waals surface area contributed by atoms with Gasteiger partial charge in [-0.1, -0.05) is 29.5 Å². The summed E-state index contributed by atoms with van der Waals surface area (Å²) in [5.41, 5.74) is 4.72. The third-order valence-electron chi connectivity index (χ3n) is 5.00. The predicted octanol–water partition coefficient (Wildman–Crippen LogP) is 3.61. The number of carbonyl (C=O) groups excluding carboxylic acids is 2. The van der Waals surface area contributed by atoms with Gasteiger partial charge in [-0.15, -0.1) is 5.10 Å². The molecule has 38 heavy (non-hydrogen) atoms. The zero-order valence-corrected chi connectivity index (χ0v) is 20.7. The Hall–Kier alpha value is -4.77. The number of halogens is 4. The van der Waals surface area contributed by atoms with Crippen molar-refractivity contribution in [1.29, 1.82) is 5.26 Å². The fourth-order valence-electron chi connectivity index (χ4n) is 3.32. The molecule has 0 unspecified atom stereocenters. The number of amides is 2. The van der Waals surface area contributed by atoms with Gasteiger partial charge >= 0.3 is 6.18 Å². The van der Waals surface area contributed by atoms with Crippen LogP contribution in [0.15, 0.2) is 53.3 Å². The summed E-state index contributed by atoms with van der Waals surface area (Å²) in [6.45, 7) is 6.41. The Bertz CT molecular complexity index is 1530. The lowest BCUT2D eigenvalue weighted by molar-refractivity contribution is -0.141. The van der Waals surface area contributed by atoms with E-state index in [4.69, 9.17) is 17.3 Å². The van der Waals surface area contributed by atoms with E-state index >= 15 is 0 Å². The van der Waals surface area contributed by atoms with Gasteiger partial charge in [0.05, 0.1) is 46.4 Å². The van der Waals surface area contributed by atoms with Crippen molar-refractivity contribution in [3.8, 4) is 6.07 Å². The maximum absolute atomic E-state index is 13.4. The van der Waals surface area contributed by atoms with Crippen molar-refractivity contribution in [3.63, 3.8) is 0 Å². The van der Waals surface area contributed by atoms with E-state index in [-0.39, 0.29) is 45.6 Å². The number of allylic oxidation sites excluding steroid dienone is 2. The van der Waals surface area contributed by atoms with Gasteiger partial charge in [-0.2, -0.15) is 23.5 Å². The normalized spacial score (nSPS) is 12.2. The highest BCUT2D eigenvalue weighted by Crippen LogP contribution is 2.27. The van der Waals surface area contributed by atoms with Crippen molar-refractivity contribution in [1.82, 2.24) is 24.8 Å². The molecule has 0 radical (unpaired) electrons. The van der Waals surface area contributed by atoms with Crippen molar-refractivity contribution < 1.29 is 22.8 Å². The van der Waals surface area contributed by atoms with Crippen LogP contribution >= 0.6 is 11.6 Å². The summed E-state index contributed by atoms with van der Waals surface area (Å²) in [5.74, 6) is -1.68. The molecule has 0 aliphatic heterocycles. The first kappa shape index (κ1) is 27.8. The summed E-state index contributed by atoms with van der Waals surface area (Å²) in [6, 6.07) is 5.88. The van der Waals surface area contributed by atoms with Crippen LogP contribution in [-0.2, 0) is 12.7 Å². The fraction of sp³-hybridized carbons (Fsp3) is 0.174. The van der Waals surface area contributed by atoms with Crippen molar-refractivity contribution in [2.75, 3.05) is 5.32 Å². The molecule has 0 spiro atoms. The molecule has 196 valence electrons.